The summed E-state index contributed by atoms with van der Waals surface area (Å²) in [4.78, 5) is 25.2. The Morgan fingerprint density at radius 3 is 2.64 bits per heavy atom. The topological polar surface area (TPSA) is 61.4 Å². The first kappa shape index (κ1) is 17.3. The number of carbonyl (C=O) groups is 2. The highest BCUT2D eigenvalue weighted by Gasteiger charge is 2.18. The van der Waals surface area contributed by atoms with Crippen molar-refractivity contribution in [3.8, 4) is 0 Å². The maximum Gasteiger partial charge on any atom is 0.314 e. The lowest BCUT2D eigenvalue weighted by Crippen LogP contribution is -2.38. The lowest BCUT2D eigenvalue weighted by Gasteiger charge is -2.15. The number of nitrogens with one attached hydrogen (secondary N) is 2. The Kier molecular flexibility index (Phi) is 5.88. The van der Waals surface area contributed by atoms with Crippen LogP contribution in [0.3, 0.4) is 0 Å². The third-order valence-electron chi connectivity index (χ3n) is 4.57. The maximum atomic E-state index is 11.8. The first-order chi connectivity index (χ1) is 12.2. The Balaban J connectivity index is 1.32. The molecule has 1 aliphatic heterocycles. The summed E-state index contributed by atoms with van der Waals surface area (Å²) < 4.78 is 0. The van der Waals surface area contributed by atoms with E-state index >= 15 is 0 Å². The molecule has 0 atom stereocenters. The second kappa shape index (κ2) is 8.51. The van der Waals surface area contributed by atoms with Crippen molar-refractivity contribution >= 4 is 22.7 Å². The van der Waals surface area contributed by atoms with Crippen molar-refractivity contribution in [1.82, 2.24) is 15.5 Å². The molecule has 25 heavy (non-hydrogen) atoms. The van der Waals surface area contributed by atoms with Crippen LogP contribution in [0.2, 0.25) is 0 Å². The molecule has 5 heteroatoms. The van der Waals surface area contributed by atoms with Gasteiger partial charge in [0.1, 0.15) is 0 Å². The van der Waals surface area contributed by atoms with E-state index in [2.05, 4.69) is 41.0 Å². The van der Waals surface area contributed by atoms with Crippen LogP contribution in [-0.4, -0.2) is 43.0 Å². The smallest absolute Gasteiger partial charge is 0.314 e. The summed E-state index contributed by atoms with van der Waals surface area (Å²) in [7, 11) is 0. The number of hydrogen-bond donors (Lipinski definition) is 2. The van der Waals surface area contributed by atoms with E-state index in [-0.39, 0.29) is 11.9 Å². The van der Waals surface area contributed by atoms with E-state index in [1.54, 1.807) is 0 Å². The van der Waals surface area contributed by atoms with Crippen LogP contribution in [0.1, 0.15) is 24.8 Å². The van der Waals surface area contributed by atoms with Gasteiger partial charge in [-0.3, -0.25) is 4.79 Å². The minimum atomic E-state index is -0.145. The van der Waals surface area contributed by atoms with Gasteiger partial charge in [0, 0.05) is 32.6 Å². The molecule has 132 valence electrons. The van der Waals surface area contributed by atoms with E-state index in [1.807, 2.05) is 17.0 Å². The molecular formula is C20H25N3O2. The number of likely N-dealkylation sites (tertiary alicyclic amines) is 1. The van der Waals surface area contributed by atoms with E-state index in [0.717, 1.165) is 32.4 Å². The summed E-state index contributed by atoms with van der Waals surface area (Å²) >= 11 is 0. The second-order valence-corrected chi connectivity index (χ2v) is 6.45. The summed E-state index contributed by atoms with van der Waals surface area (Å²) in [6, 6.07) is 14.5. The standard InChI is InChI=1S/C20H25N3O2/c24-19-7-3-13-23(19)14-4-11-21-20(25)22-12-10-16-8-9-17-5-1-2-6-18(17)15-16/h1-2,5-6,8-9,15H,3-4,7,10-14H2,(H2,21,22,25). The number of benzene rings is 2. The monoisotopic (exact) mass is 339 g/mol. The van der Waals surface area contributed by atoms with E-state index < -0.39 is 0 Å². The number of carbonyl (C=O) groups excluding carboxylic acids is 2. The van der Waals surface area contributed by atoms with E-state index in [1.165, 1.54) is 16.3 Å². The van der Waals surface area contributed by atoms with Crippen molar-refractivity contribution in [2.45, 2.75) is 25.7 Å². The molecule has 0 unspecified atom stereocenters. The molecule has 1 fully saturated rings. The normalized spacial score (nSPS) is 14.1. The SMILES string of the molecule is O=C(NCCCN1CCCC1=O)NCCc1ccc2ccccc2c1. The van der Waals surface area contributed by atoms with Crippen LogP contribution in [-0.2, 0) is 11.2 Å². The van der Waals surface area contributed by atoms with Crippen molar-refractivity contribution < 1.29 is 9.59 Å². The summed E-state index contributed by atoms with van der Waals surface area (Å²) in [5, 5.41) is 8.19. The number of amides is 3. The molecule has 1 saturated heterocycles. The van der Waals surface area contributed by atoms with Gasteiger partial charge in [-0.1, -0.05) is 42.5 Å². The summed E-state index contributed by atoms with van der Waals surface area (Å²) in [5.74, 6) is 0.236. The maximum absolute atomic E-state index is 11.8. The zero-order valence-corrected chi connectivity index (χ0v) is 14.5. The number of fused-ring (bicyclic) bond motifs is 1. The molecule has 0 radical (unpaired) electrons. The molecule has 0 aromatic heterocycles. The lowest BCUT2D eigenvalue weighted by molar-refractivity contribution is -0.127. The highest BCUT2D eigenvalue weighted by Crippen LogP contribution is 2.15. The Labute approximate surface area is 148 Å². The molecule has 0 saturated carbocycles. The van der Waals surface area contributed by atoms with E-state index in [9.17, 15) is 9.59 Å². The summed E-state index contributed by atoms with van der Waals surface area (Å²) in [6.45, 7) is 2.79. The molecule has 0 spiro atoms. The van der Waals surface area contributed by atoms with Crippen LogP contribution in [0.15, 0.2) is 42.5 Å². The Bertz CT molecular complexity index is 745. The van der Waals surface area contributed by atoms with Gasteiger partial charge in [-0.15, -0.1) is 0 Å². The molecule has 1 aliphatic rings. The van der Waals surface area contributed by atoms with Crippen LogP contribution in [0.5, 0.6) is 0 Å². The molecule has 3 amide bonds. The number of nitrogens with zero attached hydrogens (tertiary/aromatic N) is 1. The fourth-order valence-electron chi connectivity index (χ4n) is 3.19. The van der Waals surface area contributed by atoms with Crippen molar-refractivity contribution in [3.05, 3.63) is 48.0 Å². The van der Waals surface area contributed by atoms with Gasteiger partial charge in [0.05, 0.1) is 0 Å². The minimum Gasteiger partial charge on any atom is -0.343 e. The van der Waals surface area contributed by atoms with E-state index in [0.29, 0.717) is 19.5 Å². The predicted molar refractivity (Wildman–Crippen MR) is 99.5 cm³/mol. The number of urea groups is 1. The largest absolute Gasteiger partial charge is 0.343 e. The fourth-order valence-corrected chi connectivity index (χ4v) is 3.19. The van der Waals surface area contributed by atoms with Crippen LogP contribution in [0.4, 0.5) is 4.79 Å². The van der Waals surface area contributed by atoms with Crippen molar-refractivity contribution in [1.29, 1.82) is 0 Å². The second-order valence-electron chi connectivity index (χ2n) is 6.45. The fraction of sp³-hybridized carbons (Fsp3) is 0.400. The van der Waals surface area contributed by atoms with Crippen LogP contribution in [0.25, 0.3) is 10.8 Å². The first-order valence-corrected chi connectivity index (χ1v) is 8.99. The molecular weight excluding hydrogens is 314 g/mol. The zero-order chi connectivity index (χ0) is 17.5. The van der Waals surface area contributed by atoms with Gasteiger partial charge < -0.3 is 15.5 Å². The number of hydrogen-bond acceptors (Lipinski definition) is 2. The average Bonchev–Trinajstić information content (AvgIpc) is 3.03. The van der Waals surface area contributed by atoms with Gasteiger partial charge in [-0.05, 0) is 35.6 Å². The van der Waals surface area contributed by atoms with Gasteiger partial charge in [0.15, 0.2) is 0 Å². The van der Waals surface area contributed by atoms with Gasteiger partial charge in [-0.2, -0.15) is 0 Å². The third-order valence-corrected chi connectivity index (χ3v) is 4.57. The zero-order valence-electron chi connectivity index (χ0n) is 14.5. The van der Waals surface area contributed by atoms with Gasteiger partial charge in [-0.25, -0.2) is 4.79 Å². The van der Waals surface area contributed by atoms with Crippen molar-refractivity contribution in [3.63, 3.8) is 0 Å². The van der Waals surface area contributed by atoms with Gasteiger partial charge >= 0.3 is 6.03 Å². The number of rotatable bonds is 7. The molecule has 2 aromatic carbocycles. The summed E-state index contributed by atoms with van der Waals surface area (Å²) in [6.07, 6.45) is 3.23. The molecule has 2 N–H and O–H groups in total. The molecule has 1 heterocycles. The summed E-state index contributed by atoms with van der Waals surface area (Å²) in [5.41, 5.74) is 1.21. The van der Waals surface area contributed by atoms with E-state index in [4.69, 9.17) is 0 Å². The molecule has 0 aliphatic carbocycles. The van der Waals surface area contributed by atoms with Gasteiger partial charge in [0.2, 0.25) is 5.91 Å². The van der Waals surface area contributed by atoms with Crippen molar-refractivity contribution in [2.24, 2.45) is 0 Å². The first-order valence-electron chi connectivity index (χ1n) is 8.99. The quantitative estimate of drug-likeness (QED) is 0.762. The van der Waals surface area contributed by atoms with Crippen LogP contribution >= 0.6 is 0 Å². The lowest BCUT2D eigenvalue weighted by atomic mass is 10.1. The molecule has 3 rings (SSSR count). The predicted octanol–water partition coefficient (Wildman–Crippen LogP) is 2.69. The van der Waals surface area contributed by atoms with Crippen LogP contribution < -0.4 is 10.6 Å². The highest BCUT2D eigenvalue weighted by molar-refractivity contribution is 5.83. The Morgan fingerprint density at radius 2 is 1.84 bits per heavy atom. The van der Waals surface area contributed by atoms with Crippen LogP contribution in [0, 0.1) is 0 Å². The Hall–Kier alpha value is -2.56. The minimum absolute atomic E-state index is 0.145. The van der Waals surface area contributed by atoms with Gasteiger partial charge in [0.25, 0.3) is 0 Å². The van der Waals surface area contributed by atoms with Crippen molar-refractivity contribution in [2.75, 3.05) is 26.2 Å². The molecule has 5 nitrogen and oxygen atoms in total. The Morgan fingerprint density at radius 1 is 1.04 bits per heavy atom. The highest BCUT2D eigenvalue weighted by atomic mass is 16.2. The molecule has 0 bridgehead atoms. The molecule has 2 aromatic rings. The third kappa shape index (κ3) is 4.95. The average molecular weight is 339 g/mol.